The Morgan fingerprint density at radius 3 is 2.29 bits per heavy atom. The van der Waals surface area contributed by atoms with Crippen molar-refractivity contribution in [2.45, 2.75) is 39.2 Å². The van der Waals surface area contributed by atoms with Crippen LogP contribution in [0.4, 0.5) is 5.69 Å². The molecule has 3 rings (SSSR count). The zero-order valence-corrected chi connectivity index (χ0v) is 18.0. The summed E-state index contributed by atoms with van der Waals surface area (Å²) in [4.78, 5) is 1.64. The number of methoxy groups -OCH3 is 1. The Balaban J connectivity index is 1.67. The first-order valence-electron chi connectivity index (χ1n) is 10.2. The van der Waals surface area contributed by atoms with Crippen LogP contribution >= 0.6 is 12.2 Å². The Morgan fingerprint density at radius 1 is 1.04 bits per heavy atom. The third-order valence-corrected chi connectivity index (χ3v) is 5.70. The van der Waals surface area contributed by atoms with E-state index in [1.807, 2.05) is 0 Å². The Kier molecular flexibility index (Phi) is 7.29. The summed E-state index contributed by atoms with van der Waals surface area (Å²) < 4.78 is 5.33. The molecule has 5 heteroatoms. The molecule has 1 heterocycles. The van der Waals surface area contributed by atoms with Crippen molar-refractivity contribution in [3.05, 3.63) is 59.2 Å². The first-order valence-corrected chi connectivity index (χ1v) is 10.6. The Bertz CT molecular complexity index is 765. The summed E-state index contributed by atoms with van der Waals surface area (Å²) >= 11 is 5.58. The Hall–Kier alpha value is -2.11. The number of quaternary nitrogens is 1. The molecular weight excluding hydrogens is 366 g/mol. The van der Waals surface area contributed by atoms with E-state index >= 15 is 0 Å². The molecule has 28 heavy (non-hydrogen) atoms. The number of likely N-dealkylation sites (tertiary alicyclic amines) is 1. The van der Waals surface area contributed by atoms with Gasteiger partial charge in [-0.25, -0.2) is 0 Å². The van der Waals surface area contributed by atoms with Crippen molar-refractivity contribution in [3.8, 4) is 5.75 Å². The number of benzene rings is 2. The van der Waals surface area contributed by atoms with E-state index in [2.05, 4.69) is 66.9 Å². The normalized spacial score (nSPS) is 15.7. The molecule has 1 aliphatic heterocycles. The number of ether oxygens (including phenoxy) is 1. The van der Waals surface area contributed by atoms with Gasteiger partial charge in [0.1, 0.15) is 11.8 Å². The number of nitrogens with one attached hydrogen (secondary N) is 3. The van der Waals surface area contributed by atoms with Gasteiger partial charge in [-0.3, -0.25) is 0 Å². The molecule has 4 nitrogen and oxygen atoms in total. The number of rotatable bonds is 6. The van der Waals surface area contributed by atoms with Crippen LogP contribution in [0.5, 0.6) is 5.75 Å². The van der Waals surface area contributed by atoms with Gasteiger partial charge in [-0.15, -0.1) is 0 Å². The third-order valence-electron chi connectivity index (χ3n) is 5.45. The van der Waals surface area contributed by atoms with Gasteiger partial charge in [-0.05, 0) is 92.9 Å². The molecule has 0 unspecified atom stereocenters. The number of aryl methyl sites for hydroxylation is 2. The minimum Gasteiger partial charge on any atom is -0.497 e. The van der Waals surface area contributed by atoms with Crippen LogP contribution < -0.4 is 20.3 Å². The molecule has 1 aliphatic rings. The van der Waals surface area contributed by atoms with Gasteiger partial charge in [0.2, 0.25) is 0 Å². The van der Waals surface area contributed by atoms with Gasteiger partial charge in [0.05, 0.1) is 26.7 Å². The van der Waals surface area contributed by atoms with Crippen LogP contribution in [-0.4, -0.2) is 31.9 Å². The molecule has 0 bridgehead atoms. The summed E-state index contributed by atoms with van der Waals surface area (Å²) in [5.41, 5.74) is 4.85. The lowest BCUT2D eigenvalue weighted by molar-refractivity contribution is -0.934. The van der Waals surface area contributed by atoms with Crippen LogP contribution in [0, 0.1) is 13.8 Å². The van der Waals surface area contributed by atoms with Crippen molar-refractivity contribution in [1.82, 2.24) is 5.32 Å². The second-order valence-electron chi connectivity index (χ2n) is 7.76. The molecule has 0 aliphatic carbocycles. The van der Waals surface area contributed by atoms with E-state index < -0.39 is 0 Å². The Labute approximate surface area is 174 Å². The lowest BCUT2D eigenvalue weighted by Gasteiger charge is -2.32. The highest BCUT2D eigenvalue weighted by Crippen LogP contribution is 2.17. The maximum Gasteiger partial charge on any atom is 0.171 e. The van der Waals surface area contributed by atoms with Gasteiger partial charge in [0, 0.05) is 11.3 Å². The summed E-state index contributed by atoms with van der Waals surface area (Å²) in [6.07, 6.45) is 3.94. The van der Waals surface area contributed by atoms with E-state index in [0.717, 1.165) is 18.0 Å². The lowest BCUT2D eigenvalue weighted by Crippen LogP contribution is -3.13. The SMILES string of the molecule is COc1ccc([C@H](CNC(=S)Nc2cc(C)cc(C)c2)[NH+]2CCCCC2)cc1. The van der Waals surface area contributed by atoms with Crippen LogP contribution in [0.25, 0.3) is 0 Å². The summed E-state index contributed by atoms with van der Waals surface area (Å²) in [5, 5.41) is 7.49. The fourth-order valence-corrected chi connectivity index (χ4v) is 4.31. The molecule has 0 saturated carbocycles. The lowest BCUT2D eigenvalue weighted by atomic mass is 10.0. The predicted molar refractivity (Wildman–Crippen MR) is 120 cm³/mol. The molecule has 150 valence electrons. The average Bonchev–Trinajstić information content (AvgIpc) is 2.68. The quantitative estimate of drug-likeness (QED) is 0.652. The molecule has 1 fully saturated rings. The molecule has 2 aromatic carbocycles. The van der Waals surface area contributed by atoms with Crippen molar-refractivity contribution in [2.24, 2.45) is 0 Å². The van der Waals surface area contributed by atoms with Gasteiger partial charge in [0.25, 0.3) is 0 Å². The topological polar surface area (TPSA) is 37.7 Å². The van der Waals surface area contributed by atoms with Crippen molar-refractivity contribution >= 4 is 23.0 Å². The molecule has 0 aromatic heterocycles. The maximum atomic E-state index is 5.58. The first kappa shape index (κ1) is 20.6. The maximum absolute atomic E-state index is 5.58. The van der Waals surface area contributed by atoms with E-state index in [1.165, 1.54) is 49.0 Å². The predicted octanol–water partition coefficient (Wildman–Crippen LogP) is 3.41. The number of piperidine rings is 1. The van der Waals surface area contributed by atoms with Gasteiger partial charge in [-0.2, -0.15) is 0 Å². The zero-order chi connectivity index (χ0) is 19.9. The van der Waals surface area contributed by atoms with Crippen molar-refractivity contribution in [3.63, 3.8) is 0 Å². The zero-order valence-electron chi connectivity index (χ0n) is 17.2. The average molecular weight is 399 g/mol. The molecule has 1 saturated heterocycles. The van der Waals surface area contributed by atoms with Gasteiger partial charge in [0.15, 0.2) is 5.11 Å². The van der Waals surface area contributed by atoms with Crippen LogP contribution in [-0.2, 0) is 0 Å². The number of hydrogen-bond donors (Lipinski definition) is 3. The van der Waals surface area contributed by atoms with Crippen molar-refractivity contribution < 1.29 is 9.64 Å². The van der Waals surface area contributed by atoms with E-state index in [9.17, 15) is 0 Å². The van der Waals surface area contributed by atoms with Crippen molar-refractivity contribution in [1.29, 1.82) is 0 Å². The minimum absolute atomic E-state index is 0.380. The molecular formula is C23H32N3OS+. The fraction of sp³-hybridized carbons (Fsp3) is 0.435. The smallest absolute Gasteiger partial charge is 0.171 e. The Morgan fingerprint density at radius 2 is 1.68 bits per heavy atom. The van der Waals surface area contributed by atoms with Gasteiger partial charge < -0.3 is 20.3 Å². The largest absolute Gasteiger partial charge is 0.497 e. The summed E-state index contributed by atoms with van der Waals surface area (Å²) in [5.74, 6) is 0.899. The second kappa shape index (κ2) is 9.89. The molecule has 0 amide bonds. The van der Waals surface area contributed by atoms with Crippen LogP contribution in [0.15, 0.2) is 42.5 Å². The number of hydrogen-bond acceptors (Lipinski definition) is 2. The third kappa shape index (κ3) is 5.69. The first-order chi connectivity index (χ1) is 13.5. The van der Waals surface area contributed by atoms with Crippen molar-refractivity contribution in [2.75, 3.05) is 32.1 Å². The fourth-order valence-electron chi connectivity index (χ4n) is 4.11. The number of anilines is 1. The van der Waals surface area contributed by atoms with Gasteiger partial charge >= 0.3 is 0 Å². The van der Waals surface area contributed by atoms with E-state index in [-0.39, 0.29) is 0 Å². The molecule has 2 aromatic rings. The molecule has 0 spiro atoms. The van der Waals surface area contributed by atoms with E-state index in [4.69, 9.17) is 17.0 Å². The summed E-state index contributed by atoms with van der Waals surface area (Å²) in [6, 6.07) is 15.3. The monoisotopic (exact) mass is 398 g/mol. The molecule has 1 atom stereocenters. The van der Waals surface area contributed by atoms with Crippen LogP contribution in [0.2, 0.25) is 0 Å². The highest BCUT2D eigenvalue weighted by atomic mass is 32.1. The molecule has 0 radical (unpaired) electrons. The van der Waals surface area contributed by atoms with E-state index in [0.29, 0.717) is 11.2 Å². The second-order valence-corrected chi connectivity index (χ2v) is 8.16. The highest BCUT2D eigenvalue weighted by Gasteiger charge is 2.26. The van der Waals surface area contributed by atoms with Crippen LogP contribution in [0.1, 0.15) is 42.0 Å². The number of thiocarbonyl (C=S) groups is 1. The highest BCUT2D eigenvalue weighted by molar-refractivity contribution is 7.80. The van der Waals surface area contributed by atoms with Gasteiger partial charge in [-0.1, -0.05) is 6.07 Å². The summed E-state index contributed by atoms with van der Waals surface area (Å²) in [6.45, 7) is 7.46. The van der Waals surface area contributed by atoms with E-state index in [1.54, 1.807) is 12.0 Å². The molecule has 3 N–H and O–H groups in total. The summed E-state index contributed by atoms with van der Waals surface area (Å²) in [7, 11) is 1.71. The standard InChI is InChI=1S/C23H31N3OS/c1-17-13-18(2)15-20(14-17)25-23(28)24-16-22(26-11-5-4-6-12-26)19-7-9-21(27-3)10-8-19/h7-10,13-15,22H,4-6,11-12,16H2,1-3H3,(H2,24,25,28)/p+1/t22-/m0/s1. The van der Waals surface area contributed by atoms with Crippen LogP contribution in [0.3, 0.4) is 0 Å². The minimum atomic E-state index is 0.380.